The van der Waals surface area contributed by atoms with Crippen LogP contribution in [-0.4, -0.2) is 23.7 Å². The van der Waals surface area contributed by atoms with Crippen LogP contribution in [0.25, 0.3) is 0 Å². The van der Waals surface area contributed by atoms with E-state index in [2.05, 4.69) is 5.32 Å². The molecule has 0 radical (unpaired) electrons. The number of carbonyl (C=O) groups is 1. The zero-order chi connectivity index (χ0) is 12.7. The van der Waals surface area contributed by atoms with E-state index in [4.69, 9.17) is 9.84 Å². The highest BCUT2D eigenvalue weighted by molar-refractivity contribution is 5.77. The van der Waals surface area contributed by atoms with Gasteiger partial charge in [0, 0.05) is 11.8 Å². The van der Waals surface area contributed by atoms with Crippen molar-refractivity contribution in [3.05, 3.63) is 24.3 Å². The van der Waals surface area contributed by atoms with Crippen molar-refractivity contribution in [2.45, 2.75) is 32.7 Å². The lowest BCUT2D eigenvalue weighted by atomic mass is 10.2. The van der Waals surface area contributed by atoms with E-state index in [1.807, 2.05) is 38.1 Å². The average molecular weight is 237 g/mol. The number of ether oxygens (including phenoxy) is 1. The van der Waals surface area contributed by atoms with Crippen molar-refractivity contribution >= 4 is 11.7 Å². The van der Waals surface area contributed by atoms with Crippen LogP contribution in [0.1, 0.15) is 26.7 Å². The number of aliphatic carboxylic acids is 1. The molecule has 0 amide bonds. The summed E-state index contributed by atoms with van der Waals surface area (Å²) in [7, 11) is 0. The second-order valence-electron chi connectivity index (χ2n) is 3.82. The topological polar surface area (TPSA) is 58.6 Å². The summed E-state index contributed by atoms with van der Waals surface area (Å²) in [6.45, 7) is 4.54. The van der Waals surface area contributed by atoms with Gasteiger partial charge in [-0.3, -0.25) is 0 Å². The van der Waals surface area contributed by atoms with Crippen molar-refractivity contribution in [3.63, 3.8) is 0 Å². The Kier molecular flexibility index (Phi) is 5.33. The first kappa shape index (κ1) is 13.4. The molecule has 17 heavy (non-hydrogen) atoms. The number of nitrogens with one attached hydrogen (secondary N) is 1. The molecular weight excluding hydrogens is 218 g/mol. The van der Waals surface area contributed by atoms with Crippen LogP contribution in [0.5, 0.6) is 5.75 Å². The summed E-state index contributed by atoms with van der Waals surface area (Å²) >= 11 is 0. The van der Waals surface area contributed by atoms with Crippen molar-refractivity contribution in [2.24, 2.45) is 0 Å². The lowest BCUT2D eigenvalue weighted by Crippen LogP contribution is -2.28. The Morgan fingerprint density at radius 2 is 2.24 bits per heavy atom. The van der Waals surface area contributed by atoms with E-state index in [1.54, 1.807) is 0 Å². The van der Waals surface area contributed by atoms with Gasteiger partial charge in [-0.15, -0.1) is 0 Å². The van der Waals surface area contributed by atoms with E-state index in [0.717, 1.165) is 17.9 Å². The maximum Gasteiger partial charge on any atom is 0.326 e. The number of hydrogen-bond acceptors (Lipinski definition) is 3. The molecule has 0 aliphatic heterocycles. The van der Waals surface area contributed by atoms with Gasteiger partial charge in [0.05, 0.1) is 6.61 Å². The third-order valence-corrected chi connectivity index (χ3v) is 2.35. The van der Waals surface area contributed by atoms with Gasteiger partial charge >= 0.3 is 5.97 Å². The van der Waals surface area contributed by atoms with Gasteiger partial charge in [0.2, 0.25) is 0 Å². The van der Waals surface area contributed by atoms with E-state index in [1.165, 1.54) is 0 Å². The van der Waals surface area contributed by atoms with Crippen molar-refractivity contribution < 1.29 is 14.6 Å². The second kappa shape index (κ2) is 6.78. The predicted octanol–water partition coefficient (Wildman–Crippen LogP) is 2.75. The van der Waals surface area contributed by atoms with Crippen molar-refractivity contribution in [3.8, 4) is 5.75 Å². The first-order chi connectivity index (χ1) is 8.17. The third kappa shape index (κ3) is 4.34. The number of anilines is 1. The SMILES string of the molecule is CCCOc1cccc(NC(CC)C(=O)O)c1. The van der Waals surface area contributed by atoms with Crippen molar-refractivity contribution in [1.82, 2.24) is 0 Å². The smallest absolute Gasteiger partial charge is 0.326 e. The van der Waals surface area contributed by atoms with Crippen molar-refractivity contribution in [2.75, 3.05) is 11.9 Å². The van der Waals surface area contributed by atoms with Crippen LogP contribution in [0.15, 0.2) is 24.3 Å². The summed E-state index contributed by atoms with van der Waals surface area (Å²) < 4.78 is 5.48. The minimum absolute atomic E-state index is 0.537. The first-order valence-corrected chi connectivity index (χ1v) is 5.89. The number of rotatable bonds is 7. The molecule has 0 aromatic heterocycles. The Morgan fingerprint density at radius 1 is 1.47 bits per heavy atom. The summed E-state index contributed by atoms with van der Waals surface area (Å²) in [6, 6.07) is 6.81. The molecule has 1 aromatic carbocycles. The second-order valence-corrected chi connectivity index (χ2v) is 3.82. The monoisotopic (exact) mass is 237 g/mol. The van der Waals surface area contributed by atoms with Gasteiger partial charge in [-0.05, 0) is 25.0 Å². The average Bonchev–Trinajstić information content (AvgIpc) is 2.33. The van der Waals surface area contributed by atoms with Crippen LogP contribution < -0.4 is 10.1 Å². The number of carboxylic acid groups (broad SMARTS) is 1. The molecular formula is C13H19NO3. The molecule has 1 unspecified atom stereocenters. The largest absolute Gasteiger partial charge is 0.494 e. The van der Waals surface area contributed by atoms with Crippen LogP contribution in [0, 0.1) is 0 Å². The molecule has 0 fully saturated rings. The number of carboxylic acids is 1. The van der Waals surface area contributed by atoms with E-state index in [9.17, 15) is 4.79 Å². The molecule has 0 saturated carbocycles. The highest BCUT2D eigenvalue weighted by Gasteiger charge is 2.14. The van der Waals surface area contributed by atoms with Crippen LogP contribution in [0.4, 0.5) is 5.69 Å². The quantitative estimate of drug-likeness (QED) is 0.765. The molecule has 4 heteroatoms. The minimum atomic E-state index is -0.840. The fourth-order valence-corrected chi connectivity index (χ4v) is 1.44. The van der Waals surface area contributed by atoms with Crippen LogP contribution in [0.2, 0.25) is 0 Å². The number of hydrogen-bond donors (Lipinski definition) is 2. The lowest BCUT2D eigenvalue weighted by molar-refractivity contribution is -0.137. The van der Waals surface area contributed by atoms with Gasteiger partial charge in [0.1, 0.15) is 11.8 Å². The van der Waals surface area contributed by atoms with Gasteiger partial charge in [0.25, 0.3) is 0 Å². The summed E-state index contributed by atoms with van der Waals surface area (Å²) in [5, 5.41) is 11.9. The molecule has 1 rings (SSSR count). The van der Waals surface area contributed by atoms with Gasteiger partial charge in [-0.1, -0.05) is 19.9 Å². The van der Waals surface area contributed by atoms with Gasteiger partial charge < -0.3 is 15.2 Å². The van der Waals surface area contributed by atoms with Crippen LogP contribution in [0.3, 0.4) is 0 Å². The van der Waals surface area contributed by atoms with Gasteiger partial charge in [-0.25, -0.2) is 4.79 Å². The van der Waals surface area contributed by atoms with E-state index in [0.29, 0.717) is 13.0 Å². The Balaban J connectivity index is 2.67. The molecule has 0 saturated heterocycles. The Morgan fingerprint density at radius 3 is 2.82 bits per heavy atom. The number of benzene rings is 1. The van der Waals surface area contributed by atoms with Crippen molar-refractivity contribution in [1.29, 1.82) is 0 Å². The fraction of sp³-hybridized carbons (Fsp3) is 0.462. The molecule has 0 spiro atoms. The Labute approximate surface area is 102 Å². The zero-order valence-electron chi connectivity index (χ0n) is 10.3. The third-order valence-electron chi connectivity index (χ3n) is 2.35. The molecule has 0 bridgehead atoms. The minimum Gasteiger partial charge on any atom is -0.494 e. The van der Waals surface area contributed by atoms with E-state index >= 15 is 0 Å². The van der Waals surface area contributed by atoms with E-state index < -0.39 is 12.0 Å². The molecule has 4 nitrogen and oxygen atoms in total. The molecule has 0 aliphatic rings. The Hall–Kier alpha value is -1.71. The van der Waals surface area contributed by atoms with Gasteiger partial charge in [-0.2, -0.15) is 0 Å². The maximum absolute atomic E-state index is 10.9. The van der Waals surface area contributed by atoms with Crippen LogP contribution >= 0.6 is 0 Å². The summed E-state index contributed by atoms with van der Waals surface area (Å²) in [4.78, 5) is 10.9. The fourth-order valence-electron chi connectivity index (χ4n) is 1.44. The van der Waals surface area contributed by atoms with Crippen LogP contribution in [-0.2, 0) is 4.79 Å². The molecule has 0 aliphatic carbocycles. The lowest BCUT2D eigenvalue weighted by Gasteiger charge is -2.14. The van der Waals surface area contributed by atoms with Gasteiger partial charge in [0.15, 0.2) is 0 Å². The molecule has 94 valence electrons. The molecule has 0 heterocycles. The standard InChI is InChI=1S/C13H19NO3/c1-3-8-17-11-7-5-6-10(9-11)14-12(4-2)13(15)16/h5-7,9,12,14H,3-4,8H2,1-2H3,(H,15,16). The Bertz CT molecular complexity index is 365. The molecule has 1 aromatic rings. The summed E-state index contributed by atoms with van der Waals surface area (Å²) in [6.07, 6.45) is 1.49. The summed E-state index contributed by atoms with van der Waals surface area (Å²) in [5.41, 5.74) is 0.771. The predicted molar refractivity (Wildman–Crippen MR) is 67.6 cm³/mol. The maximum atomic E-state index is 10.9. The highest BCUT2D eigenvalue weighted by Crippen LogP contribution is 2.18. The normalized spacial score (nSPS) is 11.9. The molecule has 1 atom stereocenters. The highest BCUT2D eigenvalue weighted by atomic mass is 16.5. The zero-order valence-corrected chi connectivity index (χ0v) is 10.3. The first-order valence-electron chi connectivity index (χ1n) is 5.89. The molecule has 2 N–H and O–H groups in total. The van der Waals surface area contributed by atoms with E-state index in [-0.39, 0.29) is 0 Å². The summed E-state index contributed by atoms with van der Waals surface area (Å²) in [5.74, 6) is -0.0792.